The minimum absolute atomic E-state index is 0.000367. The first kappa shape index (κ1) is 17.7. The monoisotopic (exact) mass is 309 g/mol. The number of nitrogens with zero attached hydrogens (tertiary/aromatic N) is 1. The zero-order chi connectivity index (χ0) is 16.0. The number of aliphatic hydroxyl groups excluding tert-OH is 1. The van der Waals surface area contributed by atoms with Crippen molar-refractivity contribution in [3.8, 4) is 11.8 Å². The van der Waals surface area contributed by atoms with Crippen molar-refractivity contribution in [3.05, 3.63) is 29.8 Å². The fourth-order valence-electron chi connectivity index (χ4n) is 1.76. The Morgan fingerprint density at radius 2 is 1.95 bits per heavy atom. The van der Waals surface area contributed by atoms with Gasteiger partial charge in [0.2, 0.25) is 10.0 Å². The van der Waals surface area contributed by atoms with Crippen molar-refractivity contribution in [1.82, 2.24) is 4.31 Å². The SMILES string of the molecule is CC(C)C(C)N(C)S(=O)(=O)c1cccc(C#CCCO)c1. The number of benzene rings is 1. The molecule has 0 aliphatic carbocycles. The van der Waals surface area contributed by atoms with Crippen molar-refractivity contribution in [3.63, 3.8) is 0 Å². The molecule has 5 heteroatoms. The van der Waals surface area contributed by atoms with E-state index in [1.54, 1.807) is 31.3 Å². The highest BCUT2D eigenvalue weighted by atomic mass is 32.2. The lowest BCUT2D eigenvalue weighted by Crippen LogP contribution is -2.38. The third-order valence-electron chi connectivity index (χ3n) is 3.52. The molecular weight excluding hydrogens is 286 g/mol. The molecule has 1 aromatic rings. The second-order valence-electron chi connectivity index (χ2n) is 5.31. The summed E-state index contributed by atoms with van der Waals surface area (Å²) in [4.78, 5) is 0.244. The van der Waals surface area contributed by atoms with Gasteiger partial charge < -0.3 is 5.11 Å². The maximum absolute atomic E-state index is 12.6. The number of hydrogen-bond donors (Lipinski definition) is 1. The minimum atomic E-state index is -3.52. The van der Waals surface area contributed by atoms with Gasteiger partial charge in [-0.05, 0) is 31.0 Å². The van der Waals surface area contributed by atoms with Crippen molar-refractivity contribution < 1.29 is 13.5 Å². The van der Waals surface area contributed by atoms with E-state index < -0.39 is 10.0 Å². The van der Waals surface area contributed by atoms with Crippen LogP contribution in [0.3, 0.4) is 0 Å². The Balaban J connectivity index is 3.10. The normalized spacial score (nSPS) is 13.1. The van der Waals surface area contributed by atoms with Gasteiger partial charge in [-0.2, -0.15) is 4.31 Å². The van der Waals surface area contributed by atoms with Crippen LogP contribution in [0.15, 0.2) is 29.2 Å². The molecule has 0 bridgehead atoms. The molecule has 1 aromatic carbocycles. The predicted molar refractivity (Wildman–Crippen MR) is 84.3 cm³/mol. The van der Waals surface area contributed by atoms with Crippen LogP contribution in [0.2, 0.25) is 0 Å². The average Bonchev–Trinajstić information content (AvgIpc) is 2.46. The molecule has 1 atom stereocenters. The third-order valence-corrected chi connectivity index (χ3v) is 5.46. The summed E-state index contributed by atoms with van der Waals surface area (Å²) in [5.74, 6) is 5.88. The van der Waals surface area contributed by atoms with Gasteiger partial charge >= 0.3 is 0 Å². The van der Waals surface area contributed by atoms with E-state index in [2.05, 4.69) is 11.8 Å². The largest absolute Gasteiger partial charge is 0.395 e. The van der Waals surface area contributed by atoms with E-state index in [1.165, 1.54) is 4.31 Å². The Labute approximate surface area is 127 Å². The topological polar surface area (TPSA) is 57.6 Å². The number of rotatable bonds is 5. The molecular formula is C16H23NO3S. The Morgan fingerprint density at radius 3 is 2.52 bits per heavy atom. The van der Waals surface area contributed by atoms with Crippen LogP contribution in [0.4, 0.5) is 0 Å². The van der Waals surface area contributed by atoms with Crippen LogP contribution in [-0.2, 0) is 10.0 Å². The molecule has 0 aromatic heterocycles. The van der Waals surface area contributed by atoms with E-state index in [9.17, 15) is 8.42 Å². The summed E-state index contributed by atoms with van der Waals surface area (Å²) >= 11 is 0. The second-order valence-corrected chi connectivity index (χ2v) is 7.31. The van der Waals surface area contributed by atoms with Crippen LogP contribution in [0.1, 0.15) is 32.8 Å². The summed E-state index contributed by atoms with van der Waals surface area (Å²) < 4.78 is 26.6. The van der Waals surface area contributed by atoms with E-state index in [0.29, 0.717) is 12.0 Å². The maximum Gasteiger partial charge on any atom is 0.243 e. The van der Waals surface area contributed by atoms with Gasteiger partial charge in [0.15, 0.2) is 0 Å². The highest BCUT2D eigenvalue weighted by molar-refractivity contribution is 7.89. The quantitative estimate of drug-likeness (QED) is 0.847. The molecule has 1 rings (SSSR count). The van der Waals surface area contributed by atoms with Crippen LogP contribution in [-0.4, -0.2) is 37.5 Å². The van der Waals surface area contributed by atoms with Gasteiger partial charge in [-0.25, -0.2) is 8.42 Å². The molecule has 116 valence electrons. The second kappa shape index (κ2) is 7.60. The van der Waals surface area contributed by atoms with Crippen LogP contribution < -0.4 is 0 Å². The maximum atomic E-state index is 12.6. The summed E-state index contributed by atoms with van der Waals surface area (Å²) in [6.07, 6.45) is 0.376. The van der Waals surface area contributed by atoms with Gasteiger partial charge in [-0.3, -0.25) is 0 Å². The molecule has 21 heavy (non-hydrogen) atoms. The van der Waals surface area contributed by atoms with Crippen LogP contribution in [0.5, 0.6) is 0 Å². The van der Waals surface area contributed by atoms with Crippen molar-refractivity contribution in [2.24, 2.45) is 5.92 Å². The highest BCUT2D eigenvalue weighted by Gasteiger charge is 2.26. The highest BCUT2D eigenvalue weighted by Crippen LogP contribution is 2.20. The van der Waals surface area contributed by atoms with Gasteiger partial charge in [0.25, 0.3) is 0 Å². The van der Waals surface area contributed by atoms with Gasteiger partial charge in [-0.1, -0.05) is 31.8 Å². The first-order chi connectivity index (χ1) is 9.80. The molecule has 0 saturated carbocycles. The summed E-state index contributed by atoms with van der Waals surface area (Å²) in [6.45, 7) is 5.88. The van der Waals surface area contributed by atoms with E-state index >= 15 is 0 Å². The Kier molecular flexibility index (Phi) is 6.41. The molecule has 0 saturated heterocycles. The number of hydrogen-bond acceptors (Lipinski definition) is 3. The molecule has 0 radical (unpaired) electrons. The Morgan fingerprint density at radius 1 is 1.29 bits per heavy atom. The minimum Gasteiger partial charge on any atom is -0.395 e. The van der Waals surface area contributed by atoms with Crippen molar-refractivity contribution in [2.75, 3.05) is 13.7 Å². The molecule has 4 nitrogen and oxygen atoms in total. The molecule has 0 aliphatic heterocycles. The molecule has 0 heterocycles. The van der Waals surface area contributed by atoms with E-state index in [-0.39, 0.29) is 23.5 Å². The Bertz CT molecular complexity index is 626. The van der Waals surface area contributed by atoms with E-state index in [0.717, 1.165) is 0 Å². The predicted octanol–water partition coefficient (Wildman–Crippen LogP) is 2.09. The first-order valence-corrected chi connectivity index (χ1v) is 8.42. The van der Waals surface area contributed by atoms with E-state index in [1.807, 2.05) is 20.8 Å². The van der Waals surface area contributed by atoms with Crippen LogP contribution >= 0.6 is 0 Å². The molecule has 1 unspecified atom stereocenters. The fourth-order valence-corrected chi connectivity index (χ4v) is 3.30. The molecule has 0 amide bonds. The van der Waals surface area contributed by atoms with Crippen molar-refractivity contribution >= 4 is 10.0 Å². The number of sulfonamides is 1. The molecule has 0 spiro atoms. The molecule has 0 aliphatic rings. The van der Waals surface area contributed by atoms with Gasteiger partial charge in [-0.15, -0.1) is 0 Å². The van der Waals surface area contributed by atoms with Gasteiger partial charge in [0.1, 0.15) is 0 Å². The first-order valence-electron chi connectivity index (χ1n) is 6.98. The molecule has 1 N–H and O–H groups in total. The summed E-state index contributed by atoms with van der Waals surface area (Å²) in [6, 6.07) is 6.51. The fraction of sp³-hybridized carbons (Fsp3) is 0.500. The standard InChI is InChI=1S/C16H23NO3S/c1-13(2)14(3)17(4)21(19,20)16-10-7-9-15(12-16)8-5-6-11-18/h7,9-10,12-14,18H,6,11H2,1-4H3. The van der Waals surface area contributed by atoms with Gasteiger partial charge in [0, 0.05) is 25.1 Å². The number of aliphatic hydroxyl groups is 1. The zero-order valence-corrected chi connectivity index (χ0v) is 13.8. The van der Waals surface area contributed by atoms with Gasteiger partial charge in [0.05, 0.1) is 11.5 Å². The summed E-state index contributed by atoms with van der Waals surface area (Å²) in [5.41, 5.74) is 0.634. The average molecular weight is 309 g/mol. The smallest absolute Gasteiger partial charge is 0.243 e. The lowest BCUT2D eigenvalue weighted by molar-refractivity contribution is 0.305. The van der Waals surface area contributed by atoms with Crippen molar-refractivity contribution in [1.29, 1.82) is 0 Å². The van der Waals surface area contributed by atoms with E-state index in [4.69, 9.17) is 5.11 Å². The van der Waals surface area contributed by atoms with Crippen molar-refractivity contribution in [2.45, 2.75) is 38.1 Å². The van der Waals surface area contributed by atoms with Crippen LogP contribution in [0, 0.1) is 17.8 Å². The third kappa shape index (κ3) is 4.57. The lowest BCUT2D eigenvalue weighted by Gasteiger charge is -2.27. The zero-order valence-electron chi connectivity index (χ0n) is 13.0. The van der Waals surface area contributed by atoms with Crippen LogP contribution in [0.25, 0.3) is 0 Å². The summed E-state index contributed by atoms with van der Waals surface area (Å²) in [7, 11) is -1.92. The Hall–Kier alpha value is -1.35. The summed E-state index contributed by atoms with van der Waals surface area (Å²) in [5, 5.41) is 8.71. The molecule has 0 fully saturated rings. The lowest BCUT2D eigenvalue weighted by atomic mass is 10.1.